The summed E-state index contributed by atoms with van der Waals surface area (Å²) in [6.45, 7) is 0.706. The van der Waals surface area contributed by atoms with Crippen LogP contribution in [0.5, 0.6) is 11.5 Å². The van der Waals surface area contributed by atoms with Gasteiger partial charge < -0.3 is 20.1 Å². The fourth-order valence-electron chi connectivity index (χ4n) is 2.13. The van der Waals surface area contributed by atoms with E-state index in [2.05, 4.69) is 10.6 Å². The molecule has 1 aliphatic rings. The number of hydrogen-bond acceptors (Lipinski definition) is 4. The Kier molecular flexibility index (Phi) is 3.95. The second kappa shape index (κ2) is 5.48. The van der Waals surface area contributed by atoms with E-state index >= 15 is 0 Å². The number of rotatable bonds is 6. The van der Waals surface area contributed by atoms with Gasteiger partial charge in [-0.1, -0.05) is 0 Å². The van der Waals surface area contributed by atoms with Gasteiger partial charge in [-0.25, -0.2) is 0 Å². The van der Waals surface area contributed by atoms with Crippen molar-refractivity contribution in [3.8, 4) is 11.5 Å². The molecule has 0 atom stereocenters. The molecule has 1 fully saturated rings. The van der Waals surface area contributed by atoms with Crippen LogP contribution in [-0.4, -0.2) is 33.7 Å². The van der Waals surface area contributed by atoms with Crippen molar-refractivity contribution in [2.75, 3.05) is 33.1 Å². The topological polar surface area (TPSA) is 59.6 Å². The van der Waals surface area contributed by atoms with Crippen LogP contribution in [0.3, 0.4) is 0 Å². The third-order valence-corrected chi connectivity index (χ3v) is 3.51. The largest absolute Gasteiger partial charge is 0.497 e. The van der Waals surface area contributed by atoms with Gasteiger partial charge in [-0.15, -0.1) is 0 Å². The number of hydrogen-bond donors (Lipinski definition) is 2. The Bertz CT molecular complexity index is 470. The minimum Gasteiger partial charge on any atom is -0.497 e. The van der Waals surface area contributed by atoms with Crippen LogP contribution in [0.4, 0.5) is 5.69 Å². The molecule has 2 rings (SSSR count). The highest BCUT2D eigenvalue weighted by Gasteiger charge is 2.49. The molecule has 1 amide bonds. The summed E-state index contributed by atoms with van der Waals surface area (Å²) in [5, 5.41) is 6.01. The highest BCUT2D eigenvalue weighted by Crippen LogP contribution is 2.46. The summed E-state index contributed by atoms with van der Waals surface area (Å²) in [5.74, 6) is 1.35. The van der Waals surface area contributed by atoms with Crippen molar-refractivity contribution < 1.29 is 14.3 Å². The molecule has 0 spiro atoms. The minimum absolute atomic E-state index is 0.0466. The zero-order valence-electron chi connectivity index (χ0n) is 11.6. The summed E-state index contributed by atoms with van der Waals surface area (Å²) in [4.78, 5) is 12.3. The van der Waals surface area contributed by atoms with Gasteiger partial charge in [0.05, 0.1) is 25.3 Å². The molecule has 1 aliphatic carbocycles. The molecule has 0 saturated heterocycles. The lowest BCUT2D eigenvalue weighted by Crippen LogP contribution is -2.32. The molecule has 1 aromatic carbocycles. The maximum absolute atomic E-state index is 12.3. The van der Waals surface area contributed by atoms with E-state index in [1.54, 1.807) is 32.4 Å². The van der Waals surface area contributed by atoms with Gasteiger partial charge in [-0.3, -0.25) is 4.79 Å². The van der Waals surface area contributed by atoms with Crippen LogP contribution in [0.25, 0.3) is 0 Å². The normalized spacial score (nSPS) is 15.7. The van der Waals surface area contributed by atoms with E-state index in [-0.39, 0.29) is 11.3 Å². The smallest absolute Gasteiger partial charge is 0.231 e. The van der Waals surface area contributed by atoms with Gasteiger partial charge in [0, 0.05) is 12.6 Å². The van der Waals surface area contributed by atoms with Crippen molar-refractivity contribution in [2.45, 2.75) is 12.8 Å². The predicted octanol–water partition coefficient (Wildman–Crippen LogP) is 1.64. The first-order chi connectivity index (χ1) is 9.15. The molecule has 0 bridgehead atoms. The van der Waals surface area contributed by atoms with Crippen LogP contribution < -0.4 is 20.1 Å². The summed E-state index contributed by atoms with van der Waals surface area (Å²) >= 11 is 0. The molecule has 5 nitrogen and oxygen atoms in total. The molecule has 2 N–H and O–H groups in total. The highest BCUT2D eigenvalue weighted by atomic mass is 16.5. The molecule has 19 heavy (non-hydrogen) atoms. The Labute approximate surface area is 113 Å². The zero-order chi connectivity index (χ0) is 13.9. The number of anilines is 1. The Hall–Kier alpha value is -1.75. The van der Waals surface area contributed by atoms with E-state index in [4.69, 9.17) is 9.47 Å². The SMILES string of the molecule is CNCC1(C(=O)Nc2ccc(OC)cc2OC)CC1. The summed E-state index contributed by atoms with van der Waals surface area (Å²) in [7, 11) is 5.03. The molecular weight excluding hydrogens is 244 g/mol. The van der Waals surface area contributed by atoms with E-state index in [1.807, 2.05) is 7.05 Å². The van der Waals surface area contributed by atoms with Gasteiger partial charge in [0.2, 0.25) is 5.91 Å². The molecule has 5 heteroatoms. The van der Waals surface area contributed by atoms with Gasteiger partial charge in [0.1, 0.15) is 11.5 Å². The van der Waals surface area contributed by atoms with Crippen molar-refractivity contribution in [1.82, 2.24) is 5.32 Å². The molecule has 0 radical (unpaired) electrons. The monoisotopic (exact) mass is 264 g/mol. The maximum atomic E-state index is 12.3. The van der Waals surface area contributed by atoms with Gasteiger partial charge in [-0.2, -0.15) is 0 Å². The van der Waals surface area contributed by atoms with E-state index < -0.39 is 0 Å². The molecule has 0 heterocycles. The van der Waals surface area contributed by atoms with Crippen LogP contribution in [0.15, 0.2) is 18.2 Å². The summed E-state index contributed by atoms with van der Waals surface area (Å²) in [5.41, 5.74) is 0.426. The molecule has 1 saturated carbocycles. The minimum atomic E-state index is -0.250. The van der Waals surface area contributed by atoms with Gasteiger partial charge in [0.25, 0.3) is 0 Å². The van der Waals surface area contributed by atoms with E-state index in [0.29, 0.717) is 23.7 Å². The summed E-state index contributed by atoms with van der Waals surface area (Å²) < 4.78 is 10.4. The number of benzene rings is 1. The summed E-state index contributed by atoms with van der Waals surface area (Å²) in [6, 6.07) is 5.36. The maximum Gasteiger partial charge on any atom is 0.231 e. The third-order valence-electron chi connectivity index (χ3n) is 3.51. The molecule has 104 valence electrons. The van der Waals surface area contributed by atoms with Crippen molar-refractivity contribution in [1.29, 1.82) is 0 Å². The van der Waals surface area contributed by atoms with Crippen molar-refractivity contribution in [3.05, 3.63) is 18.2 Å². The van der Waals surface area contributed by atoms with Gasteiger partial charge in [-0.05, 0) is 32.0 Å². The van der Waals surface area contributed by atoms with Gasteiger partial charge in [0.15, 0.2) is 0 Å². The fraction of sp³-hybridized carbons (Fsp3) is 0.500. The quantitative estimate of drug-likeness (QED) is 0.820. The first-order valence-corrected chi connectivity index (χ1v) is 6.33. The van der Waals surface area contributed by atoms with E-state index in [1.165, 1.54) is 0 Å². The van der Waals surface area contributed by atoms with E-state index in [9.17, 15) is 4.79 Å². The number of carbonyl (C=O) groups excluding carboxylic acids is 1. The Balaban J connectivity index is 2.12. The lowest BCUT2D eigenvalue weighted by Gasteiger charge is -2.16. The van der Waals surface area contributed by atoms with Crippen molar-refractivity contribution in [3.63, 3.8) is 0 Å². The average molecular weight is 264 g/mol. The number of methoxy groups -OCH3 is 2. The molecular formula is C14H20N2O3. The first kappa shape index (κ1) is 13.7. The van der Waals surface area contributed by atoms with Gasteiger partial charge >= 0.3 is 0 Å². The standard InChI is InChI=1S/C14H20N2O3/c1-15-9-14(6-7-14)13(17)16-11-5-4-10(18-2)8-12(11)19-3/h4-5,8,15H,6-7,9H2,1-3H3,(H,16,17). The summed E-state index contributed by atoms with van der Waals surface area (Å²) in [6.07, 6.45) is 1.86. The lowest BCUT2D eigenvalue weighted by atomic mass is 10.1. The molecule has 0 aromatic heterocycles. The number of ether oxygens (including phenoxy) is 2. The van der Waals surface area contributed by atoms with Crippen molar-refractivity contribution in [2.24, 2.45) is 5.41 Å². The second-order valence-electron chi connectivity index (χ2n) is 4.83. The molecule has 0 aliphatic heterocycles. The van der Waals surface area contributed by atoms with Crippen LogP contribution in [-0.2, 0) is 4.79 Å². The number of amides is 1. The number of carbonyl (C=O) groups is 1. The van der Waals surface area contributed by atoms with Crippen LogP contribution in [0, 0.1) is 5.41 Å². The third kappa shape index (κ3) is 2.81. The highest BCUT2D eigenvalue weighted by molar-refractivity contribution is 5.98. The zero-order valence-corrected chi connectivity index (χ0v) is 11.6. The Morgan fingerprint density at radius 3 is 2.58 bits per heavy atom. The molecule has 1 aromatic rings. The Morgan fingerprint density at radius 2 is 2.05 bits per heavy atom. The van der Waals surface area contributed by atoms with Crippen molar-refractivity contribution >= 4 is 11.6 Å². The number of nitrogens with one attached hydrogen (secondary N) is 2. The Morgan fingerprint density at radius 1 is 1.32 bits per heavy atom. The van der Waals surface area contributed by atoms with Crippen LogP contribution in [0.1, 0.15) is 12.8 Å². The van der Waals surface area contributed by atoms with E-state index in [0.717, 1.165) is 12.8 Å². The fourth-order valence-corrected chi connectivity index (χ4v) is 2.13. The predicted molar refractivity (Wildman–Crippen MR) is 73.8 cm³/mol. The second-order valence-corrected chi connectivity index (χ2v) is 4.83. The first-order valence-electron chi connectivity index (χ1n) is 6.33. The molecule has 0 unspecified atom stereocenters. The van der Waals surface area contributed by atoms with Crippen LogP contribution in [0.2, 0.25) is 0 Å². The van der Waals surface area contributed by atoms with Crippen LogP contribution >= 0.6 is 0 Å². The lowest BCUT2D eigenvalue weighted by molar-refractivity contribution is -0.121. The average Bonchev–Trinajstić information content (AvgIpc) is 3.20.